The Bertz CT molecular complexity index is 603. The number of nitrogens with one attached hydrogen (secondary N) is 2. The second-order valence-electron chi connectivity index (χ2n) is 5.58. The van der Waals surface area contributed by atoms with E-state index in [4.69, 9.17) is 0 Å². The molecule has 0 aliphatic heterocycles. The van der Waals surface area contributed by atoms with Gasteiger partial charge in [0.05, 0.1) is 0 Å². The highest BCUT2D eigenvalue weighted by Gasteiger charge is 2.09. The number of aromatic nitrogens is 3. The van der Waals surface area contributed by atoms with Crippen LogP contribution in [0.15, 0.2) is 41.8 Å². The normalized spacial score (nSPS) is 13.2. The lowest BCUT2D eigenvalue weighted by Crippen LogP contribution is -2.43. The van der Waals surface area contributed by atoms with Crippen LogP contribution in [0.5, 0.6) is 0 Å². The van der Waals surface area contributed by atoms with Crippen LogP contribution in [0.3, 0.4) is 0 Å². The van der Waals surface area contributed by atoms with Gasteiger partial charge in [0.2, 0.25) is 0 Å². The van der Waals surface area contributed by atoms with Crippen molar-refractivity contribution in [1.82, 2.24) is 25.4 Å². The summed E-state index contributed by atoms with van der Waals surface area (Å²) in [5.74, 6) is 2.16. The van der Waals surface area contributed by atoms with Gasteiger partial charge in [-0.2, -0.15) is 5.10 Å². The topological polar surface area (TPSA) is 67.1 Å². The van der Waals surface area contributed by atoms with Crippen LogP contribution in [0.1, 0.15) is 26.3 Å². The molecule has 2 heterocycles. The summed E-state index contributed by atoms with van der Waals surface area (Å²) in [7, 11) is 1.78. The summed E-state index contributed by atoms with van der Waals surface area (Å²) >= 11 is 0. The highest BCUT2D eigenvalue weighted by Crippen LogP contribution is 2.06. The van der Waals surface area contributed by atoms with E-state index in [1.807, 2.05) is 24.4 Å². The molecule has 0 fully saturated rings. The number of aliphatic imine (C=N–C) groups is 1. The zero-order valence-electron chi connectivity index (χ0n) is 13.6. The fourth-order valence-electron chi connectivity index (χ4n) is 1.86. The molecule has 2 aromatic rings. The van der Waals surface area contributed by atoms with Crippen molar-refractivity contribution in [1.29, 1.82) is 0 Å². The van der Waals surface area contributed by atoms with Gasteiger partial charge in [0, 0.05) is 38.2 Å². The number of pyridine rings is 1. The van der Waals surface area contributed by atoms with Gasteiger partial charge in [-0.05, 0) is 36.6 Å². The predicted molar refractivity (Wildman–Crippen MR) is 89.0 cm³/mol. The first-order chi connectivity index (χ1) is 10.6. The second-order valence-corrected chi connectivity index (χ2v) is 5.58. The van der Waals surface area contributed by atoms with E-state index in [0.717, 1.165) is 17.3 Å². The number of guanidine groups is 1. The quantitative estimate of drug-likeness (QED) is 0.654. The van der Waals surface area contributed by atoms with Crippen LogP contribution < -0.4 is 10.6 Å². The Morgan fingerprint density at radius 2 is 2.14 bits per heavy atom. The van der Waals surface area contributed by atoms with E-state index in [1.54, 1.807) is 24.1 Å². The average molecular weight is 300 g/mol. The highest BCUT2D eigenvalue weighted by molar-refractivity contribution is 5.79. The minimum Gasteiger partial charge on any atom is -0.354 e. The fraction of sp³-hybridized carbons (Fsp3) is 0.438. The molecular weight excluding hydrogens is 276 g/mol. The lowest BCUT2D eigenvalue weighted by atomic mass is 10.1. The Morgan fingerprint density at radius 1 is 1.32 bits per heavy atom. The van der Waals surface area contributed by atoms with Crippen LogP contribution >= 0.6 is 0 Å². The first kappa shape index (κ1) is 16.0. The third-order valence-electron chi connectivity index (χ3n) is 3.60. The van der Waals surface area contributed by atoms with Crippen molar-refractivity contribution in [2.24, 2.45) is 10.9 Å². The van der Waals surface area contributed by atoms with Gasteiger partial charge in [-0.25, -0.2) is 9.67 Å². The van der Waals surface area contributed by atoms with Gasteiger partial charge < -0.3 is 10.6 Å². The van der Waals surface area contributed by atoms with Crippen molar-refractivity contribution in [2.45, 2.75) is 33.4 Å². The summed E-state index contributed by atoms with van der Waals surface area (Å²) in [5, 5.41) is 10.9. The van der Waals surface area contributed by atoms with Crippen molar-refractivity contribution in [3.05, 3.63) is 42.4 Å². The molecular formula is C16H24N6. The van der Waals surface area contributed by atoms with Crippen LogP contribution in [0, 0.1) is 5.92 Å². The molecule has 1 atom stereocenters. The molecule has 0 aliphatic carbocycles. The molecule has 0 saturated carbocycles. The van der Waals surface area contributed by atoms with E-state index in [2.05, 4.69) is 46.5 Å². The standard InChI is InChI=1S/C16H24N6/c1-12(2)13(3)21-16(17-4)19-11-14-6-8-18-15(10-14)22-9-5-7-20-22/h5-10,12-13H,11H2,1-4H3,(H2,17,19,21). The zero-order valence-corrected chi connectivity index (χ0v) is 13.6. The Hall–Kier alpha value is -2.37. The summed E-state index contributed by atoms with van der Waals surface area (Å²) in [6.07, 6.45) is 5.41. The Balaban J connectivity index is 1.98. The van der Waals surface area contributed by atoms with E-state index < -0.39 is 0 Å². The van der Waals surface area contributed by atoms with Gasteiger partial charge in [0.15, 0.2) is 11.8 Å². The molecule has 0 aromatic carbocycles. The molecule has 6 nitrogen and oxygen atoms in total. The van der Waals surface area contributed by atoms with Crippen molar-refractivity contribution in [3.63, 3.8) is 0 Å². The molecule has 118 valence electrons. The lowest BCUT2D eigenvalue weighted by molar-refractivity contribution is 0.481. The van der Waals surface area contributed by atoms with Crippen molar-refractivity contribution < 1.29 is 0 Å². The van der Waals surface area contributed by atoms with Crippen molar-refractivity contribution in [3.8, 4) is 5.82 Å². The van der Waals surface area contributed by atoms with Crippen LogP contribution in [0.25, 0.3) is 5.82 Å². The van der Waals surface area contributed by atoms with Gasteiger partial charge in [-0.1, -0.05) is 13.8 Å². The minimum absolute atomic E-state index is 0.364. The average Bonchev–Trinajstić information content (AvgIpc) is 3.05. The molecule has 0 bridgehead atoms. The maximum atomic E-state index is 4.33. The number of nitrogens with zero attached hydrogens (tertiary/aromatic N) is 4. The molecule has 0 radical (unpaired) electrons. The first-order valence-corrected chi connectivity index (χ1v) is 7.52. The van der Waals surface area contributed by atoms with Crippen LogP contribution in [0.2, 0.25) is 0 Å². The molecule has 0 aliphatic rings. The fourth-order valence-corrected chi connectivity index (χ4v) is 1.86. The molecule has 0 amide bonds. The zero-order chi connectivity index (χ0) is 15.9. The lowest BCUT2D eigenvalue weighted by Gasteiger charge is -2.20. The van der Waals surface area contributed by atoms with Crippen LogP contribution in [-0.4, -0.2) is 33.8 Å². The molecule has 0 saturated heterocycles. The predicted octanol–water partition coefficient (Wildman–Crippen LogP) is 1.98. The molecule has 2 aromatic heterocycles. The SMILES string of the molecule is CN=C(NCc1ccnc(-n2cccn2)c1)NC(C)C(C)C. The Morgan fingerprint density at radius 3 is 2.77 bits per heavy atom. The number of hydrogen-bond donors (Lipinski definition) is 2. The van der Waals surface area contributed by atoms with E-state index in [9.17, 15) is 0 Å². The molecule has 6 heteroatoms. The summed E-state index contributed by atoms with van der Waals surface area (Å²) in [5.41, 5.74) is 1.13. The van der Waals surface area contributed by atoms with E-state index in [0.29, 0.717) is 18.5 Å². The highest BCUT2D eigenvalue weighted by atomic mass is 15.3. The number of rotatable bonds is 5. The molecule has 2 rings (SSSR count). The van der Waals surface area contributed by atoms with Gasteiger partial charge in [-0.3, -0.25) is 4.99 Å². The van der Waals surface area contributed by atoms with Gasteiger partial charge in [-0.15, -0.1) is 0 Å². The third-order valence-corrected chi connectivity index (χ3v) is 3.60. The smallest absolute Gasteiger partial charge is 0.191 e. The number of hydrogen-bond acceptors (Lipinski definition) is 3. The molecule has 0 spiro atoms. The molecule has 22 heavy (non-hydrogen) atoms. The van der Waals surface area contributed by atoms with Crippen LogP contribution in [-0.2, 0) is 6.54 Å². The summed E-state index contributed by atoms with van der Waals surface area (Å²) in [6, 6.07) is 6.24. The monoisotopic (exact) mass is 300 g/mol. The van der Waals surface area contributed by atoms with Crippen molar-refractivity contribution >= 4 is 5.96 Å². The maximum Gasteiger partial charge on any atom is 0.191 e. The molecule has 1 unspecified atom stereocenters. The Labute approximate surface area is 131 Å². The van der Waals surface area contributed by atoms with Gasteiger partial charge in [0.1, 0.15) is 0 Å². The van der Waals surface area contributed by atoms with Crippen LogP contribution in [0.4, 0.5) is 0 Å². The second kappa shape index (κ2) is 7.59. The van der Waals surface area contributed by atoms with E-state index >= 15 is 0 Å². The van der Waals surface area contributed by atoms with E-state index in [1.165, 1.54) is 0 Å². The summed E-state index contributed by atoms with van der Waals surface area (Å²) in [4.78, 5) is 8.59. The van der Waals surface area contributed by atoms with Gasteiger partial charge >= 0.3 is 0 Å². The molecule has 2 N–H and O–H groups in total. The largest absolute Gasteiger partial charge is 0.354 e. The summed E-state index contributed by atoms with van der Waals surface area (Å²) < 4.78 is 1.75. The first-order valence-electron chi connectivity index (χ1n) is 7.52. The summed E-state index contributed by atoms with van der Waals surface area (Å²) in [6.45, 7) is 7.20. The van der Waals surface area contributed by atoms with Gasteiger partial charge in [0.25, 0.3) is 0 Å². The van der Waals surface area contributed by atoms with E-state index in [-0.39, 0.29) is 0 Å². The Kier molecular flexibility index (Phi) is 5.52. The minimum atomic E-state index is 0.364. The van der Waals surface area contributed by atoms with Crippen molar-refractivity contribution in [2.75, 3.05) is 7.05 Å². The maximum absolute atomic E-state index is 4.33. The third kappa shape index (κ3) is 4.31.